The Hall–Kier alpha value is -2.53. The van der Waals surface area contributed by atoms with Gasteiger partial charge in [-0.2, -0.15) is 0 Å². The van der Waals surface area contributed by atoms with Crippen LogP contribution in [0.1, 0.15) is 10.4 Å². The van der Waals surface area contributed by atoms with Crippen LogP contribution < -0.4 is 4.90 Å². The summed E-state index contributed by atoms with van der Waals surface area (Å²) < 4.78 is 41.5. The molecule has 0 atom stereocenters. The molecule has 0 bridgehead atoms. The number of nitrogens with zero attached hydrogens (tertiary/aromatic N) is 1. The molecule has 1 aliphatic rings. The molecule has 1 N–H and O–H groups in total. The van der Waals surface area contributed by atoms with Crippen LogP contribution in [0.5, 0.6) is 0 Å². The highest BCUT2D eigenvalue weighted by Gasteiger charge is 2.36. The Kier molecular flexibility index (Phi) is 5.93. The number of benzene rings is 1. The van der Waals surface area contributed by atoms with E-state index in [0.717, 1.165) is 19.1 Å². The average Bonchev–Trinajstić information content (AvgIpc) is 2.63. The largest absolute Gasteiger partial charge is 0.478 e. The molecule has 0 radical (unpaired) electrons. The van der Waals surface area contributed by atoms with Crippen molar-refractivity contribution in [1.29, 1.82) is 0 Å². The van der Waals surface area contributed by atoms with E-state index < -0.39 is 57.7 Å². The zero-order valence-corrected chi connectivity index (χ0v) is 15.1. The van der Waals surface area contributed by atoms with E-state index in [1.807, 2.05) is 0 Å². The zero-order valence-electron chi connectivity index (χ0n) is 13.5. The fourth-order valence-electron chi connectivity index (χ4n) is 2.33. The van der Waals surface area contributed by atoms with Crippen LogP contribution in [-0.4, -0.2) is 50.6 Å². The van der Waals surface area contributed by atoms with Crippen LogP contribution in [0.2, 0.25) is 0 Å². The summed E-state index contributed by atoms with van der Waals surface area (Å²) in [5.74, 6) is -6.31. The van der Waals surface area contributed by atoms with Gasteiger partial charge in [-0.25, -0.2) is 23.2 Å². The second-order valence-electron chi connectivity index (χ2n) is 4.90. The summed E-state index contributed by atoms with van der Waals surface area (Å²) in [5.41, 5.74) is -1.75. The van der Waals surface area contributed by atoms with E-state index in [2.05, 4.69) is 25.4 Å². The van der Waals surface area contributed by atoms with Gasteiger partial charge in [0, 0.05) is 0 Å². The van der Waals surface area contributed by atoms with Crippen LogP contribution in [0.25, 0.3) is 0 Å². The molecule has 0 spiro atoms. The number of carbonyl (C=O) groups is 3. The minimum absolute atomic E-state index is 0.265. The Morgan fingerprint density at radius 2 is 1.85 bits per heavy atom. The van der Waals surface area contributed by atoms with Gasteiger partial charge in [0.1, 0.15) is 12.4 Å². The van der Waals surface area contributed by atoms with E-state index >= 15 is 0 Å². The van der Waals surface area contributed by atoms with Gasteiger partial charge in [0.2, 0.25) is 0 Å². The third kappa shape index (κ3) is 3.40. The lowest BCUT2D eigenvalue weighted by molar-refractivity contribution is -0.140. The fourth-order valence-corrected chi connectivity index (χ4v) is 2.95. The quantitative estimate of drug-likeness (QED) is 0.564. The molecule has 2 rings (SSSR count). The van der Waals surface area contributed by atoms with Gasteiger partial charge < -0.3 is 24.2 Å². The van der Waals surface area contributed by atoms with Gasteiger partial charge in [0.15, 0.2) is 11.6 Å². The van der Waals surface area contributed by atoms with Crippen molar-refractivity contribution in [2.45, 2.75) is 0 Å². The number of aromatic carboxylic acids is 1. The number of hydrogen-bond donors (Lipinski definition) is 1. The number of carboxylic acid groups (broad SMARTS) is 1. The van der Waals surface area contributed by atoms with Crippen molar-refractivity contribution in [3.63, 3.8) is 0 Å². The SMILES string of the molecule is COC(=O)C1=C(C(=O)OC)N(c2c(C(=O)O)cc(F)c(F)c2Br)COC1. The average molecular weight is 436 g/mol. The molecule has 11 heteroatoms. The third-order valence-electron chi connectivity index (χ3n) is 3.47. The van der Waals surface area contributed by atoms with E-state index in [-0.39, 0.29) is 12.2 Å². The van der Waals surface area contributed by atoms with Gasteiger partial charge >= 0.3 is 17.9 Å². The third-order valence-corrected chi connectivity index (χ3v) is 4.19. The number of esters is 2. The van der Waals surface area contributed by atoms with E-state index in [1.54, 1.807) is 0 Å². The van der Waals surface area contributed by atoms with Gasteiger partial charge in [0.05, 0.1) is 42.1 Å². The minimum atomic E-state index is -1.59. The Bertz CT molecular complexity index is 825. The number of ether oxygens (including phenoxy) is 3. The number of carbonyl (C=O) groups excluding carboxylic acids is 2. The summed E-state index contributed by atoms with van der Waals surface area (Å²) in [6, 6.07) is 0.457. The van der Waals surface area contributed by atoms with Crippen molar-refractivity contribution in [3.05, 3.63) is 39.0 Å². The van der Waals surface area contributed by atoms with Crippen molar-refractivity contribution < 1.29 is 42.5 Å². The lowest BCUT2D eigenvalue weighted by Crippen LogP contribution is -2.39. The van der Waals surface area contributed by atoms with Crippen molar-refractivity contribution in [2.75, 3.05) is 32.5 Å². The standard InChI is InChI=1S/C15H12BrF2NO7/c1-24-14(22)7-4-26-5-19(12(7)15(23)25-2)11-6(13(20)21)3-8(17)10(18)9(11)16/h3H,4-5H2,1-2H3,(H,20,21). The molecule has 8 nitrogen and oxygen atoms in total. The summed E-state index contributed by atoms with van der Waals surface area (Å²) in [5, 5.41) is 9.34. The summed E-state index contributed by atoms with van der Waals surface area (Å²) in [7, 11) is 2.11. The maximum atomic E-state index is 14.0. The molecule has 0 saturated carbocycles. The number of anilines is 1. The van der Waals surface area contributed by atoms with Crippen molar-refractivity contribution in [1.82, 2.24) is 0 Å². The molecule has 1 aromatic carbocycles. The van der Waals surface area contributed by atoms with Gasteiger partial charge in [0.25, 0.3) is 0 Å². The molecule has 0 saturated heterocycles. The second-order valence-corrected chi connectivity index (χ2v) is 5.70. The highest BCUT2D eigenvalue weighted by atomic mass is 79.9. The van der Waals surface area contributed by atoms with Crippen molar-refractivity contribution in [2.24, 2.45) is 0 Å². The molecule has 1 aromatic rings. The van der Waals surface area contributed by atoms with E-state index in [9.17, 15) is 28.3 Å². The molecular weight excluding hydrogens is 424 g/mol. The molecule has 0 unspecified atom stereocenters. The Labute approximate surface area is 154 Å². The van der Waals surface area contributed by atoms with Crippen LogP contribution >= 0.6 is 15.9 Å². The molecule has 0 amide bonds. The highest BCUT2D eigenvalue weighted by molar-refractivity contribution is 9.10. The van der Waals surface area contributed by atoms with E-state index in [4.69, 9.17) is 4.74 Å². The van der Waals surface area contributed by atoms with Gasteiger partial charge in [-0.15, -0.1) is 0 Å². The summed E-state index contributed by atoms with van der Waals surface area (Å²) >= 11 is 2.79. The maximum Gasteiger partial charge on any atom is 0.355 e. The van der Waals surface area contributed by atoms with Crippen LogP contribution in [0, 0.1) is 11.6 Å². The molecule has 140 valence electrons. The first-order valence-electron chi connectivity index (χ1n) is 6.90. The molecule has 26 heavy (non-hydrogen) atoms. The predicted molar refractivity (Wildman–Crippen MR) is 85.4 cm³/mol. The van der Waals surface area contributed by atoms with Crippen molar-refractivity contribution >= 4 is 39.5 Å². The fraction of sp³-hybridized carbons (Fsp3) is 0.267. The first-order valence-corrected chi connectivity index (χ1v) is 7.69. The number of carboxylic acids is 1. The molecule has 1 aliphatic heterocycles. The Morgan fingerprint density at radius 3 is 2.38 bits per heavy atom. The smallest absolute Gasteiger partial charge is 0.355 e. The van der Waals surface area contributed by atoms with Crippen LogP contribution in [0.3, 0.4) is 0 Å². The number of hydrogen-bond acceptors (Lipinski definition) is 7. The maximum absolute atomic E-state index is 14.0. The highest BCUT2D eigenvalue weighted by Crippen LogP contribution is 2.38. The molecule has 0 fully saturated rings. The van der Waals surface area contributed by atoms with Gasteiger partial charge in [-0.05, 0) is 22.0 Å². The van der Waals surface area contributed by atoms with Crippen molar-refractivity contribution in [3.8, 4) is 0 Å². The Balaban J connectivity index is 2.81. The van der Waals surface area contributed by atoms with E-state index in [0.29, 0.717) is 6.07 Å². The number of halogens is 3. The van der Waals surface area contributed by atoms with Gasteiger partial charge in [-0.3, -0.25) is 0 Å². The minimum Gasteiger partial charge on any atom is -0.478 e. The normalized spacial score (nSPS) is 14.3. The van der Waals surface area contributed by atoms with E-state index in [1.165, 1.54) is 0 Å². The van der Waals surface area contributed by atoms with Crippen LogP contribution in [0.15, 0.2) is 21.8 Å². The summed E-state index contributed by atoms with van der Waals surface area (Å²) in [6.07, 6.45) is 0. The number of methoxy groups -OCH3 is 2. The second kappa shape index (κ2) is 7.79. The van der Waals surface area contributed by atoms with Gasteiger partial charge in [-0.1, -0.05) is 0 Å². The Morgan fingerprint density at radius 1 is 1.23 bits per heavy atom. The topological polar surface area (TPSA) is 102 Å². The van der Waals surface area contributed by atoms with Crippen LogP contribution in [-0.2, 0) is 23.8 Å². The molecule has 0 aromatic heterocycles. The molecular formula is C15H12BrF2NO7. The lowest BCUT2D eigenvalue weighted by atomic mass is 10.1. The monoisotopic (exact) mass is 435 g/mol. The predicted octanol–water partition coefficient (Wildman–Crippen LogP) is 1.82. The lowest BCUT2D eigenvalue weighted by Gasteiger charge is -2.32. The van der Waals surface area contributed by atoms with Crippen LogP contribution in [0.4, 0.5) is 14.5 Å². The zero-order chi connectivity index (χ0) is 19.6. The summed E-state index contributed by atoms with van der Waals surface area (Å²) in [6.45, 7) is -0.744. The number of rotatable bonds is 4. The first-order chi connectivity index (χ1) is 12.2. The molecule has 0 aliphatic carbocycles. The first kappa shape index (κ1) is 19.8. The summed E-state index contributed by atoms with van der Waals surface area (Å²) in [4.78, 5) is 36.5. The molecule has 1 heterocycles.